The first-order chi connectivity index (χ1) is 71.8. The summed E-state index contributed by atoms with van der Waals surface area (Å²) in [5, 5.41) is 74.5. The van der Waals surface area contributed by atoms with Crippen LogP contribution in [0.5, 0.6) is 0 Å². The van der Waals surface area contributed by atoms with Gasteiger partial charge in [-0.15, -0.1) is 20.4 Å². The summed E-state index contributed by atoms with van der Waals surface area (Å²) in [4.78, 5) is 34.6. The maximum atomic E-state index is 13.1. The molecule has 2 amide bonds. The number of hydrogen-bond acceptors (Lipinski definition) is 12. The van der Waals surface area contributed by atoms with E-state index in [1.54, 1.807) is 24.3 Å². The quantitative estimate of drug-likeness (QED) is 0.0420. The van der Waals surface area contributed by atoms with Crippen LogP contribution in [0.3, 0.4) is 0 Å². The van der Waals surface area contributed by atoms with Crippen molar-refractivity contribution in [3.8, 4) is 11.3 Å². The number of hydrogen-bond donors (Lipinski definition) is 4. The number of anilines is 2. The number of fused-ring (bicyclic) bond motifs is 2. The van der Waals surface area contributed by atoms with Crippen molar-refractivity contribution >= 4 is 165 Å². The number of nitrogens with zero attached hydrogens (tertiary/aromatic N) is 8. The molecule has 0 radical (unpaired) electrons. The zero-order chi connectivity index (χ0) is 101. The first-order valence-corrected chi connectivity index (χ1v) is 56.4. The van der Waals surface area contributed by atoms with Crippen molar-refractivity contribution in [1.82, 2.24) is 30.2 Å². The third-order valence-corrected chi connectivity index (χ3v) is 36.7. The van der Waals surface area contributed by atoms with Crippen LogP contribution >= 0.6 is 43.3 Å². The SMILES string of the molecule is C[C@@H]1CN(C(=O)C2CCCCC2)CCN1c1nnc(-c2ccc(CO)cc2)c2ccccc12.C[C@@H]1CN(C(=O)C2CCCCC2)CCN1c1nnc(Cl)c2ccccc12.OCc1ccc(B(O)O)cc1.[Pd].c1ccc(P(c2ccccc2)c2ccccc2)cc1.c1ccc(P(c2ccccc2)c2ccccc2)cc1.c1ccc(P(c2ccccc2)c2ccccc2)cc1.c1ccc(P(c2ccccc2)c2ccccc2)cc1. The van der Waals surface area contributed by atoms with Crippen molar-refractivity contribution in [1.29, 1.82) is 0 Å². The van der Waals surface area contributed by atoms with Crippen molar-refractivity contribution < 1.29 is 50.3 Å². The topological polar surface area (TPSA) is 180 Å². The Labute approximate surface area is 890 Å². The predicted molar refractivity (Wildman–Crippen MR) is 618 cm³/mol. The van der Waals surface area contributed by atoms with E-state index in [0.717, 1.165) is 121 Å². The monoisotopic (exact) mass is 2120 g/mol. The summed E-state index contributed by atoms with van der Waals surface area (Å²) in [5.41, 5.74) is 3.90. The molecule has 0 bridgehead atoms. The zero-order valence-corrected chi connectivity index (χ0v) is 89.0. The normalized spacial score (nSPS) is 14.5. The second-order valence-electron chi connectivity index (χ2n) is 36.6. The summed E-state index contributed by atoms with van der Waals surface area (Å²) in [5.74, 6) is 2.90. The fraction of sp³-hybridized carbons (Fsp3) is 0.190. The average Bonchev–Trinajstić information content (AvgIpc) is 0.762. The number of benzene rings is 16. The molecule has 2 atom stereocenters. The smallest absolute Gasteiger partial charge is 0.423 e. The molecule has 0 spiro atoms. The van der Waals surface area contributed by atoms with Gasteiger partial charge >= 0.3 is 7.12 Å². The first kappa shape index (κ1) is 109. The summed E-state index contributed by atoms with van der Waals surface area (Å²) in [7, 11) is -3.21. The van der Waals surface area contributed by atoms with Gasteiger partial charge in [-0.1, -0.05) is 511 Å². The molecule has 2 saturated carbocycles. The van der Waals surface area contributed by atoms with Crippen molar-refractivity contribution in [2.75, 3.05) is 49.1 Å². The van der Waals surface area contributed by atoms with Crippen LogP contribution in [0.4, 0.5) is 11.6 Å². The standard InChI is InChI=1S/C27H32N4O2.C20H25ClN4O.4C18H15P.C7H9BO3.Pd/c1-19-17-30(27(33)22-7-3-2-4-8-22)15-16-31(19)26-24-10-6-5-9-23(24)25(28-29-26)21-13-11-20(18-32)12-14-21;1-14-13-24(20(26)15-7-3-2-4-8-15)11-12-25(14)19-17-10-6-5-9-16(17)18(21)22-23-19;4*1-4-10-16(11-5-1)19(17-12-6-2-7-13-17)18-14-8-3-9-15-18;9-5-6-1-3-7(4-2-6)8(10)11;/h5-6,9-14,19,22,32H,2-4,7-8,15-18H2,1H3;5-6,9-10,14-15H,2-4,7-8,11-13H2,1H3;4*1-15H;1-4,9-11H,5H2;/t19-;14-;;;;;;/m11....../s1. The van der Waals surface area contributed by atoms with Gasteiger partial charge in [0.25, 0.3) is 0 Å². The van der Waals surface area contributed by atoms with Crippen LogP contribution in [0, 0.1) is 11.8 Å². The van der Waals surface area contributed by atoms with Crippen molar-refractivity contribution in [2.24, 2.45) is 11.8 Å². The third kappa shape index (κ3) is 29.9. The van der Waals surface area contributed by atoms with Gasteiger partial charge in [0.1, 0.15) is 5.69 Å². The molecule has 21 heteroatoms. The first-order valence-electron chi connectivity index (χ1n) is 50.7. The number of aliphatic hydroxyl groups excluding tert-OH is 2. The Morgan fingerprint density at radius 1 is 0.293 bits per heavy atom. The number of carbonyl (C=O) groups is 2. The van der Waals surface area contributed by atoms with E-state index in [1.165, 1.54) is 102 Å². The molecule has 2 aromatic heterocycles. The van der Waals surface area contributed by atoms with Crippen LogP contribution in [0.2, 0.25) is 5.15 Å². The molecule has 4 fully saturated rings. The summed E-state index contributed by atoms with van der Waals surface area (Å²) in [6, 6.07) is 160. The van der Waals surface area contributed by atoms with Gasteiger partial charge in [-0.05, 0) is 151 Å². The molecule has 4 aliphatic rings. The largest absolute Gasteiger partial charge is 0.488 e. The minimum atomic E-state index is -1.43. The van der Waals surface area contributed by atoms with Gasteiger partial charge in [0.15, 0.2) is 16.8 Å². The van der Waals surface area contributed by atoms with E-state index in [0.29, 0.717) is 22.4 Å². The minimum absolute atomic E-state index is 0. The van der Waals surface area contributed by atoms with Crippen LogP contribution in [-0.2, 0) is 43.2 Å². The second-order valence-corrected chi connectivity index (χ2v) is 45.8. The van der Waals surface area contributed by atoms with Gasteiger partial charge in [0, 0.05) is 111 Å². The van der Waals surface area contributed by atoms with E-state index in [2.05, 4.69) is 430 Å². The van der Waals surface area contributed by atoms with Crippen molar-refractivity contribution in [3.63, 3.8) is 0 Å². The molecule has 2 aliphatic carbocycles. The van der Waals surface area contributed by atoms with Crippen LogP contribution in [-0.4, -0.2) is 121 Å². The molecule has 2 aliphatic heterocycles. The van der Waals surface area contributed by atoms with E-state index in [9.17, 15) is 14.7 Å². The van der Waals surface area contributed by atoms with Crippen molar-refractivity contribution in [2.45, 2.75) is 103 Å². The number of piperazine rings is 2. The Hall–Kier alpha value is -12.7. The minimum Gasteiger partial charge on any atom is -0.423 e. The molecular formula is C126H126BClN8O6P4Pd. The predicted octanol–water partition coefficient (Wildman–Crippen LogP) is 20.9. The van der Waals surface area contributed by atoms with Gasteiger partial charge in [0.05, 0.1) is 13.2 Å². The van der Waals surface area contributed by atoms with E-state index in [-0.39, 0.29) is 57.6 Å². The Morgan fingerprint density at radius 3 is 0.776 bits per heavy atom. The number of carbonyl (C=O) groups excluding carboxylic acids is 2. The number of amides is 2. The zero-order valence-electron chi connectivity index (χ0n) is 83.2. The maximum absolute atomic E-state index is 13.1. The number of halogens is 1. The summed E-state index contributed by atoms with van der Waals surface area (Å²) < 4.78 is 0. The summed E-state index contributed by atoms with van der Waals surface area (Å²) in [6.45, 7) is 8.84. The molecule has 4 N–H and O–H groups in total. The molecule has 2 saturated heterocycles. The van der Waals surface area contributed by atoms with Crippen LogP contribution in [0.25, 0.3) is 32.8 Å². The molecule has 4 heterocycles. The van der Waals surface area contributed by atoms with Gasteiger partial charge in [-0.2, -0.15) is 0 Å². The van der Waals surface area contributed by atoms with Crippen LogP contribution in [0.1, 0.15) is 89.2 Å². The Kier molecular flexibility index (Phi) is 42.1. The molecule has 16 aromatic carbocycles. The Bertz CT molecular complexity index is 6120. The molecule has 147 heavy (non-hydrogen) atoms. The second kappa shape index (κ2) is 57.0. The molecule has 22 rings (SSSR count). The molecule has 0 unspecified atom stereocenters. The van der Waals surface area contributed by atoms with E-state index in [4.69, 9.17) is 26.8 Å². The molecule has 18 aromatic rings. The molecule has 746 valence electrons. The maximum Gasteiger partial charge on any atom is 0.488 e. The van der Waals surface area contributed by atoms with E-state index >= 15 is 0 Å². The molecular weight excluding hydrogens is 2000 g/mol. The van der Waals surface area contributed by atoms with Gasteiger partial charge in [0.2, 0.25) is 11.8 Å². The van der Waals surface area contributed by atoms with E-state index < -0.39 is 38.8 Å². The third-order valence-electron chi connectivity index (χ3n) is 26.7. The summed E-state index contributed by atoms with van der Waals surface area (Å²) >= 11 is 6.21. The van der Waals surface area contributed by atoms with Gasteiger partial charge in [-0.3, -0.25) is 9.59 Å². The van der Waals surface area contributed by atoms with Crippen LogP contribution in [0.15, 0.2) is 461 Å². The van der Waals surface area contributed by atoms with E-state index in [1.807, 2.05) is 60.7 Å². The average molecular weight is 2130 g/mol. The fourth-order valence-electron chi connectivity index (χ4n) is 19.2. The van der Waals surface area contributed by atoms with Gasteiger partial charge < -0.3 is 39.9 Å². The number of aromatic nitrogens is 4. The summed E-state index contributed by atoms with van der Waals surface area (Å²) in [6.07, 6.45) is 11.5. The molecule has 14 nitrogen and oxygen atoms in total. The number of rotatable bonds is 20. The van der Waals surface area contributed by atoms with Gasteiger partial charge in [-0.25, -0.2) is 0 Å². The van der Waals surface area contributed by atoms with Crippen LogP contribution < -0.4 is 78.9 Å². The Balaban J connectivity index is 0.000000131. The number of aliphatic hydroxyl groups is 2. The fourth-order valence-corrected chi connectivity index (χ4v) is 28.6. The van der Waals surface area contributed by atoms with Crippen molar-refractivity contribution in [3.05, 3.63) is 477 Å². The Morgan fingerprint density at radius 2 is 0.524 bits per heavy atom.